The molecule has 3 nitrogen and oxygen atoms in total. The summed E-state index contributed by atoms with van der Waals surface area (Å²) in [5, 5.41) is 0. The highest BCUT2D eigenvalue weighted by Gasteiger charge is 2.04. The van der Waals surface area contributed by atoms with Crippen molar-refractivity contribution in [3.05, 3.63) is 54.4 Å². The van der Waals surface area contributed by atoms with E-state index < -0.39 is 0 Å². The number of hydrogen-bond acceptors (Lipinski definition) is 2. The van der Waals surface area contributed by atoms with E-state index in [-0.39, 0.29) is 5.78 Å². The lowest BCUT2D eigenvalue weighted by atomic mass is 10.3. The third kappa shape index (κ3) is 2.97. The van der Waals surface area contributed by atoms with Crippen molar-refractivity contribution in [2.45, 2.75) is 13.5 Å². The lowest BCUT2D eigenvalue weighted by molar-refractivity contribution is 0.100. The molecule has 0 unspecified atom stereocenters. The molecular weight excluding hydrogens is 214 g/mol. The summed E-state index contributed by atoms with van der Waals surface area (Å²) in [6.07, 6.45) is 1.89. The zero-order chi connectivity index (χ0) is 12.1. The Kier molecular flexibility index (Phi) is 3.60. The van der Waals surface area contributed by atoms with E-state index in [0.717, 1.165) is 11.4 Å². The molecule has 0 N–H and O–H groups in total. The van der Waals surface area contributed by atoms with Gasteiger partial charge in [-0.2, -0.15) is 0 Å². The lowest BCUT2D eigenvalue weighted by Gasteiger charge is -2.08. The fourth-order valence-corrected chi connectivity index (χ4v) is 1.71. The highest BCUT2D eigenvalue weighted by molar-refractivity contribution is 5.92. The van der Waals surface area contributed by atoms with Gasteiger partial charge in [0.25, 0.3) is 0 Å². The van der Waals surface area contributed by atoms with Crippen molar-refractivity contribution in [2.24, 2.45) is 0 Å². The van der Waals surface area contributed by atoms with Crippen molar-refractivity contribution in [1.29, 1.82) is 0 Å². The largest absolute Gasteiger partial charge is 0.492 e. The minimum absolute atomic E-state index is 0.0784. The Morgan fingerprint density at radius 3 is 2.65 bits per heavy atom. The number of hydrogen-bond donors (Lipinski definition) is 0. The predicted octanol–water partition coefficient (Wildman–Crippen LogP) is 2.77. The van der Waals surface area contributed by atoms with Crippen molar-refractivity contribution in [1.82, 2.24) is 4.57 Å². The number of nitrogens with zero attached hydrogens (tertiary/aromatic N) is 1. The van der Waals surface area contributed by atoms with Crippen LogP contribution in [0.15, 0.2) is 48.7 Å². The molecule has 3 heteroatoms. The number of benzene rings is 1. The number of ketones is 1. The highest BCUT2D eigenvalue weighted by atomic mass is 16.5. The van der Waals surface area contributed by atoms with Crippen LogP contribution in [0.1, 0.15) is 17.4 Å². The third-order valence-corrected chi connectivity index (χ3v) is 2.53. The number of carbonyl (C=O) groups is 1. The molecule has 1 heterocycles. The van der Waals surface area contributed by atoms with E-state index in [1.807, 2.05) is 53.2 Å². The second-order valence-corrected chi connectivity index (χ2v) is 3.80. The van der Waals surface area contributed by atoms with Crippen molar-refractivity contribution >= 4 is 5.78 Å². The number of para-hydroxylation sites is 1. The number of ether oxygens (including phenoxy) is 1. The first-order valence-corrected chi connectivity index (χ1v) is 5.61. The third-order valence-electron chi connectivity index (χ3n) is 2.53. The van der Waals surface area contributed by atoms with Crippen LogP contribution in [0, 0.1) is 0 Å². The lowest BCUT2D eigenvalue weighted by Crippen LogP contribution is -2.11. The maximum Gasteiger partial charge on any atom is 0.176 e. The van der Waals surface area contributed by atoms with Gasteiger partial charge in [0.2, 0.25) is 0 Å². The first-order chi connectivity index (χ1) is 8.27. The monoisotopic (exact) mass is 229 g/mol. The van der Waals surface area contributed by atoms with E-state index >= 15 is 0 Å². The molecule has 2 rings (SSSR count). The van der Waals surface area contributed by atoms with Gasteiger partial charge in [0.1, 0.15) is 12.4 Å². The maximum atomic E-state index is 11.3. The van der Waals surface area contributed by atoms with E-state index in [1.54, 1.807) is 6.92 Å². The van der Waals surface area contributed by atoms with Crippen LogP contribution in [0.5, 0.6) is 5.75 Å². The normalized spacial score (nSPS) is 10.2. The summed E-state index contributed by atoms with van der Waals surface area (Å²) in [4.78, 5) is 11.3. The standard InChI is InChI=1S/C14H15NO2/c1-12(16)14-8-5-9-15(14)10-11-17-13-6-3-2-4-7-13/h2-9H,10-11H2,1H3. The minimum atomic E-state index is 0.0784. The van der Waals surface area contributed by atoms with Crippen molar-refractivity contribution in [3.63, 3.8) is 0 Å². The average molecular weight is 229 g/mol. The quantitative estimate of drug-likeness (QED) is 0.738. The molecule has 0 aliphatic heterocycles. The molecule has 0 radical (unpaired) electrons. The predicted molar refractivity (Wildman–Crippen MR) is 66.4 cm³/mol. The Balaban J connectivity index is 1.90. The van der Waals surface area contributed by atoms with Gasteiger partial charge < -0.3 is 9.30 Å². The Labute approximate surface area is 101 Å². The molecule has 0 aliphatic carbocycles. The number of carbonyl (C=O) groups excluding carboxylic acids is 1. The Hall–Kier alpha value is -2.03. The van der Waals surface area contributed by atoms with Crippen LogP contribution < -0.4 is 4.74 Å². The van der Waals surface area contributed by atoms with Crippen molar-refractivity contribution in [3.8, 4) is 5.75 Å². The summed E-state index contributed by atoms with van der Waals surface area (Å²) >= 11 is 0. The van der Waals surface area contributed by atoms with Crippen LogP contribution in [-0.2, 0) is 6.54 Å². The molecule has 0 saturated heterocycles. The summed E-state index contributed by atoms with van der Waals surface area (Å²) in [5.41, 5.74) is 0.724. The summed E-state index contributed by atoms with van der Waals surface area (Å²) in [5.74, 6) is 0.929. The minimum Gasteiger partial charge on any atom is -0.492 e. The molecule has 1 aromatic carbocycles. The highest BCUT2D eigenvalue weighted by Crippen LogP contribution is 2.09. The van der Waals surface area contributed by atoms with Crippen LogP contribution >= 0.6 is 0 Å². The second-order valence-electron chi connectivity index (χ2n) is 3.80. The Bertz CT molecular complexity index is 488. The van der Waals surface area contributed by atoms with E-state index in [0.29, 0.717) is 13.2 Å². The zero-order valence-corrected chi connectivity index (χ0v) is 9.80. The molecule has 17 heavy (non-hydrogen) atoms. The van der Waals surface area contributed by atoms with Gasteiger partial charge in [-0.05, 0) is 24.3 Å². The molecule has 0 saturated carbocycles. The molecule has 0 amide bonds. The van der Waals surface area contributed by atoms with Crippen LogP contribution in [0.2, 0.25) is 0 Å². The van der Waals surface area contributed by atoms with Gasteiger partial charge in [-0.25, -0.2) is 0 Å². The molecule has 0 atom stereocenters. The van der Waals surface area contributed by atoms with Crippen molar-refractivity contribution in [2.75, 3.05) is 6.61 Å². The van der Waals surface area contributed by atoms with Crippen LogP contribution in [0.3, 0.4) is 0 Å². The molecule has 1 aromatic heterocycles. The van der Waals surface area contributed by atoms with Crippen LogP contribution in [0.25, 0.3) is 0 Å². The molecule has 2 aromatic rings. The summed E-state index contributed by atoms with van der Waals surface area (Å²) in [6, 6.07) is 13.4. The fraction of sp³-hybridized carbons (Fsp3) is 0.214. The average Bonchev–Trinajstić information content (AvgIpc) is 2.79. The molecule has 0 spiro atoms. The molecule has 0 aliphatic rings. The fourth-order valence-electron chi connectivity index (χ4n) is 1.71. The summed E-state index contributed by atoms with van der Waals surface area (Å²) in [6.45, 7) is 2.81. The first-order valence-electron chi connectivity index (χ1n) is 5.61. The summed E-state index contributed by atoms with van der Waals surface area (Å²) < 4.78 is 7.49. The van der Waals surface area contributed by atoms with E-state index in [1.165, 1.54) is 0 Å². The summed E-state index contributed by atoms with van der Waals surface area (Å²) in [7, 11) is 0. The van der Waals surface area contributed by atoms with Gasteiger partial charge in [-0.15, -0.1) is 0 Å². The first kappa shape index (κ1) is 11.5. The van der Waals surface area contributed by atoms with Gasteiger partial charge in [0.15, 0.2) is 5.78 Å². The van der Waals surface area contributed by atoms with Gasteiger partial charge in [-0.3, -0.25) is 4.79 Å². The topological polar surface area (TPSA) is 31.2 Å². The number of aromatic nitrogens is 1. The SMILES string of the molecule is CC(=O)c1cccn1CCOc1ccccc1. The maximum absolute atomic E-state index is 11.3. The van der Waals surface area contributed by atoms with Gasteiger partial charge in [0.05, 0.1) is 12.2 Å². The molecule has 0 fully saturated rings. The van der Waals surface area contributed by atoms with Crippen LogP contribution in [-0.4, -0.2) is 17.0 Å². The van der Waals surface area contributed by atoms with E-state index in [2.05, 4.69) is 0 Å². The second kappa shape index (κ2) is 5.34. The zero-order valence-electron chi connectivity index (χ0n) is 9.80. The number of rotatable bonds is 5. The smallest absolute Gasteiger partial charge is 0.176 e. The van der Waals surface area contributed by atoms with Gasteiger partial charge >= 0.3 is 0 Å². The molecular formula is C14H15NO2. The van der Waals surface area contributed by atoms with Crippen LogP contribution in [0.4, 0.5) is 0 Å². The van der Waals surface area contributed by atoms with E-state index in [9.17, 15) is 4.79 Å². The Morgan fingerprint density at radius 2 is 1.94 bits per heavy atom. The Morgan fingerprint density at radius 1 is 1.18 bits per heavy atom. The number of Topliss-reactive ketones (excluding diaryl/α,β-unsaturated/α-hetero) is 1. The van der Waals surface area contributed by atoms with E-state index in [4.69, 9.17) is 4.74 Å². The molecule has 88 valence electrons. The van der Waals surface area contributed by atoms with Gasteiger partial charge in [0, 0.05) is 13.1 Å². The van der Waals surface area contributed by atoms with Crippen molar-refractivity contribution < 1.29 is 9.53 Å². The molecule has 0 bridgehead atoms. The van der Waals surface area contributed by atoms with Gasteiger partial charge in [-0.1, -0.05) is 18.2 Å².